The van der Waals surface area contributed by atoms with E-state index in [1.807, 2.05) is 0 Å². The minimum absolute atomic E-state index is 0.603. The largest absolute Gasteiger partial charge is 0.383 e. The first-order valence-corrected chi connectivity index (χ1v) is 7.63. The van der Waals surface area contributed by atoms with Gasteiger partial charge in [-0.05, 0) is 44.1 Å². The molecule has 3 rings (SSSR count). The van der Waals surface area contributed by atoms with Gasteiger partial charge in [-0.15, -0.1) is 0 Å². The second-order valence-corrected chi connectivity index (χ2v) is 6.40. The van der Waals surface area contributed by atoms with Gasteiger partial charge in [0.1, 0.15) is 17.8 Å². The molecule has 108 valence electrons. The summed E-state index contributed by atoms with van der Waals surface area (Å²) in [5.74, 6) is 2.27. The summed E-state index contributed by atoms with van der Waals surface area (Å²) in [6, 6.07) is 0. The Labute approximate surface area is 120 Å². The van der Waals surface area contributed by atoms with Crippen LogP contribution in [0.1, 0.15) is 43.9 Å². The van der Waals surface area contributed by atoms with Gasteiger partial charge >= 0.3 is 0 Å². The van der Waals surface area contributed by atoms with E-state index >= 15 is 0 Å². The number of nitrogens with zero attached hydrogens (tertiary/aromatic N) is 3. The number of nitrogen functional groups attached to an aromatic ring is 1. The lowest BCUT2D eigenvalue weighted by molar-refractivity contribution is 0.265. The lowest BCUT2D eigenvalue weighted by Crippen LogP contribution is -2.18. The molecular weight excluding hydrogens is 248 g/mol. The lowest BCUT2D eigenvalue weighted by atomic mass is 9.83. The molecular formula is C16H24N4. The van der Waals surface area contributed by atoms with E-state index in [4.69, 9.17) is 5.73 Å². The molecule has 2 N–H and O–H groups in total. The van der Waals surface area contributed by atoms with Crippen molar-refractivity contribution in [2.24, 2.45) is 11.8 Å². The molecule has 4 heteroatoms. The monoisotopic (exact) mass is 272 g/mol. The molecule has 1 saturated carbocycles. The van der Waals surface area contributed by atoms with E-state index in [1.165, 1.54) is 36.9 Å². The van der Waals surface area contributed by atoms with Crippen molar-refractivity contribution < 1.29 is 0 Å². The first kappa shape index (κ1) is 13.4. The van der Waals surface area contributed by atoms with E-state index in [1.54, 1.807) is 6.33 Å². The molecule has 0 saturated heterocycles. The van der Waals surface area contributed by atoms with Gasteiger partial charge in [0.15, 0.2) is 0 Å². The second kappa shape index (κ2) is 5.08. The first-order valence-electron chi connectivity index (χ1n) is 7.63. The summed E-state index contributed by atoms with van der Waals surface area (Å²) in [6.07, 6.45) is 6.97. The molecule has 0 aliphatic heterocycles. The summed E-state index contributed by atoms with van der Waals surface area (Å²) in [5, 5.41) is 1.04. The number of aromatic nitrogens is 3. The molecule has 0 radical (unpaired) electrons. The predicted octanol–water partition coefficient (Wildman–Crippen LogP) is 3.46. The predicted molar refractivity (Wildman–Crippen MR) is 82.5 cm³/mol. The maximum Gasteiger partial charge on any atom is 0.145 e. The number of nitrogens with two attached hydrogens (primary N) is 1. The van der Waals surface area contributed by atoms with E-state index in [0.29, 0.717) is 5.82 Å². The third-order valence-electron chi connectivity index (χ3n) is 5.01. The molecule has 0 bridgehead atoms. The van der Waals surface area contributed by atoms with Crippen LogP contribution in [0.3, 0.4) is 0 Å². The van der Waals surface area contributed by atoms with Crippen molar-refractivity contribution in [3.63, 3.8) is 0 Å². The topological polar surface area (TPSA) is 56.7 Å². The summed E-state index contributed by atoms with van der Waals surface area (Å²) in [6.45, 7) is 7.72. The fraction of sp³-hybridized carbons (Fsp3) is 0.625. The van der Waals surface area contributed by atoms with Gasteiger partial charge in [0.05, 0.1) is 5.39 Å². The Hall–Kier alpha value is -1.58. The number of rotatable bonds is 2. The third kappa shape index (κ3) is 2.17. The van der Waals surface area contributed by atoms with Crippen LogP contribution in [0.4, 0.5) is 5.82 Å². The molecule has 0 aromatic carbocycles. The molecule has 1 fully saturated rings. The first-order chi connectivity index (χ1) is 9.58. The quantitative estimate of drug-likeness (QED) is 0.911. The molecule has 1 aliphatic rings. The van der Waals surface area contributed by atoms with E-state index in [-0.39, 0.29) is 0 Å². The molecule has 20 heavy (non-hydrogen) atoms. The van der Waals surface area contributed by atoms with Crippen molar-refractivity contribution in [3.05, 3.63) is 17.6 Å². The molecule has 0 unspecified atom stereocenters. The Morgan fingerprint density at radius 2 is 1.90 bits per heavy atom. The highest BCUT2D eigenvalue weighted by Crippen LogP contribution is 2.32. The van der Waals surface area contributed by atoms with Gasteiger partial charge in [-0.1, -0.05) is 19.8 Å². The Kier molecular flexibility index (Phi) is 3.40. The van der Waals surface area contributed by atoms with E-state index in [2.05, 4.69) is 35.3 Å². The van der Waals surface area contributed by atoms with Gasteiger partial charge < -0.3 is 10.3 Å². The number of hydrogen-bond donors (Lipinski definition) is 1. The number of fused-ring (bicyclic) bond motifs is 1. The van der Waals surface area contributed by atoms with Crippen LogP contribution in [0, 0.1) is 25.7 Å². The van der Waals surface area contributed by atoms with Gasteiger partial charge in [0.2, 0.25) is 0 Å². The molecule has 1 aliphatic carbocycles. The third-order valence-corrected chi connectivity index (χ3v) is 5.01. The molecule has 2 aromatic heterocycles. The molecule has 2 aromatic rings. The zero-order valence-electron chi connectivity index (χ0n) is 12.7. The SMILES string of the molecule is Cc1c(C)n(CC2CCC(C)CC2)c2ncnc(N)c12. The Bertz CT molecular complexity index is 621. The molecule has 0 atom stereocenters. The average Bonchev–Trinajstić information content (AvgIpc) is 2.67. The summed E-state index contributed by atoms with van der Waals surface area (Å²) in [5.41, 5.74) is 9.54. The van der Waals surface area contributed by atoms with Gasteiger partial charge in [-0.25, -0.2) is 9.97 Å². The maximum absolute atomic E-state index is 6.03. The van der Waals surface area contributed by atoms with Crippen LogP contribution in [0.15, 0.2) is 6.33 Å². The summed E-state index contributed by atoms with van der Waals surface area (Å²) < 4.78 is 2.35. The minimum Gasteiger partial charge on any atom is -0.383 e. The fourth-order valence-electron chi connectivity index (χ4n) is 3.49. The minimum atomic E-state index is 0.603. The highest BCUT2D eigenvalue weighted by molar-refractivity contribution is 5.90. The molecule has 0 amide bonds. The van der Waals surface area contributed by atoms with Crippen LogP contribution >= 0.6 is 0 Å². The van der Waals surface area contributed by atoms with Crippen molar-refractivity contribution in [2.75, 3.05) is 5.73 Å². The van der Waals surface area contributed by atoms with Gasteiger partial charge in [-0.2, -0.15) is 0 Å². The summed E-state index contributed by atoms with van der Waals surface area (Å²) >= 11 is 0. The number of aryl methyl sites for hydroxylation is 1. The Balaban J connectivity index is 1.95. The number of hydrogen-bond acceptors (Lipinski definition) is 3. The maximum atomic E-state index is 6.03. The lowest BCUT2D eigenvalue weighted by Gasteiger charge is -2.27. The van der Waals surface area contributed by atoms with Crippen LogP contribution in [-0.4, -0.2) is 14.5 Å². The zero-order valence-corrected chi connectivity index (χ0v) is 12.7. The summed E-state index contributed by atoms with van der Waals surface area (Å²) in [4.78, 5) is 8.61. The standard InChI is InChI=1S/C16H24N4/c1-10-4-6-13(7-5-10)8-20-12(3)11(2)14-15(17)18-9-19-16(14)20/h9-10,13H,4-8H2,1-3H3,(H2,17,18,19). The van der Waals surface area contributed by atoms with Gasteiger partial charge in [0, 0.05) is 12.2 Å². The Morgan fingerprint density at radius 1 is 1.20 bits per heavy atom. The van der Waals surface area contributed by atoms with E-state index in [9.17, 15) is 0 Å². The van der Waals surface area contributed by atoms with Crippen LogP contribution in [0.5, 0.6) is 0 Å². The Morgan fingerprint density at radius 3 is 2.60 bits per heavy atom. The van der Waals surface area contributed by atoms with E-state index < -0.39 is 0 Å². The van der Waals surface area contributed by atoms with Crippen LogP contribution in [0.2, 0.25) is 0 Å². The second-order valence-electron chi connectivity index (χ2n) is 6.40. The molecule has 0 spiro atoms. The average molecular weight is 272 g/mol. The smallest absolute Gasteiger partial charge is 0.145 e. The zero-order chi connectivity index (χ0) is 14.3. The van der Waals surface area contributed by atoms with Crippen molar-refractivity contribution in [3.8, 4) is 0 Å². The highest BCUT2D eigenvalue weighted by atomic mass is 15.1. The normalized spacial score (nSPS) is 23.4. The van der Waals surface area contributed by atoms with Crippen LogP contribution in [0.25, 0.3) is 11.0 Å². The van der Waals surface area contributed by atoms with Crippen molar-refractivity contribution >= 4 is 16.9 Å². The summed E-state index contributed by atoms with van der Waals surface area (Å²) in [7, 11) is 0. The fourth-order valence-corrected chi connectivity index (χ4v) is 3.49. The van der Waals surface area contributed by atoms with Crippen molar-refractivity contribution in [1.29, 1.82) is 0 Å². The van der Waals surface area contributed by atoms with Crippen LogP contribution < -0.4 is 5.73 Å². The van der Waals surface area contributed by atoms with Crippen molar-refractivity contribution in [1.82, 2.24) is 14.5 Å². The van der Waals surface area contributed by atoms with Gasteiger partial charge in [-0.3, -0.25) is 0 Å². The van der Waals surface area contributed by atoms with E-state index in [0.717, 1.165) is 29.4 Å². The number of anilines is 1. The highest BCUT2D eigenvalue weighted by Gasteiger charge is 2.22. The molecule has 2 heterocycles. The van der Waals surface area contributed by atoms with Crippen molar-refractivity contribution in [2.45, 2.75) is 53.0 Å². The van der Waals surface area contributed by atoms with Gasteiger partial charge in [0.25, 0.3) is 0 Å². The van der Waals surface area contributed by atoms with Crippen LogP contribution in [-0.2, 0) is 6.54 Å². The molecule has 4 nitrogen and oxygen atoms in total.